The first-order valence-electron chi connectivity index (χ1n) is 7.75. The molecule has 0 unspecified atom stereocenters. The Morgan fingerprint density at radius 3 is 2.48 bits per heavy atom. The molecule has 0 aliphatic carbocycles. The van der Waals surface area contributed by atoms with Gasteiger partial charge in [0.15, 0.2) is 0 Å². The molecule has 0 fully saturated rings. The molecule has 0 radical (unpaired) electrons. The van der Waals surface area contributed by atoms with Crippen LogP contribution >= 0.6 is 0 Å². The number of nitrogens with one attached hydrogen (secondary N) is 2. The number of pyridine rings is 1. The van der Waals surface area contributed by atoms with Crippen LogP contribution in [0.5, 0.6) is 0 Å². The summed E-state index contributed by atoms with van der Waals surface area (Å²) in [5, 5.41) is 5.50. The Morgan fingerprint density at radius 2 is 1.88 bits per heavy atom. The molecule has 0 saturated carbocycles. The highest BCUT2D eigenvalue weighted by Crippen LogP contribution is 2.17. The minimum absolute atomic E-state index is 0.149. The first kappa shape index (κ1) is 16.4. The molecule has 2 N–H and O–H groups in total. The van der Waals surface area contributed by atoms with E-state index in [1.807, 2.05) is 18.2 Å². The van der Waals surface area contributed by atoms with E-state index in [2.05, 4.69) is 15.6 Å². The number of nitrogens with zero attached hydrogens (tertiary/aromatic N) is 1. The van der Waals surface area contributed by atoms with E-state index in [9.17, 15) is 9.59 Å². The van der Waals surface area contributed by atoms with Crippen molar-refractivity contribution in [2.45, 2.75) is 13.5 Å². The van der Waals surface area contributed by atoms with E-state index in [1.165, 1.54) is 6.92 Å². The summed E-state index contributed by atoms with van der Waals surface area (Å²) in [6.45, 7) is 1.82. The molecule has 2 amide bonds. The lowest BCUT2D eigenvalue weighted by molar-refractivity contribution is -0.114. The first-order chi connectivity index (χ1) is 12.1. The fourth-order valence-electron chi connectivity index (χ4n) is 2.30. The average molecular weight is 335 g/mol. The van der Waals surface area contributed by atoms with E-state index < -0.39 is 0 Å². The van der Waals surface area contributed by atoms with Crippen LogP contribution in [0, 0.1) is 0 Å². The summed E-state index contributed by atoms with van der Waals surface area (Å²) in [6.07, 6.45) is 4.96. The number of aromatic nitrogens is 1. The van der Waals surface area contributed by atoms with Gasteiger partial charge in [-0.05, 0) is 42.0 Å². The van der Waals surface area contributed by atoms with Crippen LogP contribution in [0.25, 0.3) is 11.3 Å². The van der Waals surface area contributed by atoms with Crippen molar-refractivity contribution in [1.29, 1.82) is 0 Å². The molecule has 6 nitrogen and oxygen atoms in total. The van der Waals surface area contributed by atoms with Crippen molar-refractivity contribution in [3.8, 4) is 11.3 Å². The molecule has 0 aliphatic heterocycles. The lowest BCUT2D eigenvalue weighted by Crippen LogP contribution is -2.22. The van der Waals surface area contributed by atoms with Gasteiger partial charge in [-0.2, -0.15) is 0 Å². The number of benzene rings is 1. The standard InChI is InChI=1S/C19H17N3O3/c1-13(23)22-17-5-3-15(4-6-17)19(24)21-11-14-2-7-18(20-10-14)16-8-9-25-12-16/h2-10,12H,11H2,1H3,(H,21,24)(H,22,23). The molecular weight excluding hydrogens is 318 g/mol. The summed E-state index contributed by atoms with van der Waals surface area (Å²) >= 11 is 0. The third-order valence-electron chi connectivity index (χ3n) is 3.56. The first-order valence-corrected chi connectivity index (χ1v) is 7.75. The van der Waals surface area contributed by atoms with E-state index in [0.717, 1.165) is 16.8 Å². The molecule has 0 saturated heterocycles. The van der Waals surface area contributed by atoms with E-state index in [-0.39, 0.29) is 11.8 Å². The van der Waals surface area contributed by atoms with Crippen LogP contribution in [0.15, 0.2) is 65.6 Å². The summed E-state index contributed by atoms with van der Waals surface area (Å²) in [7, 11) is 0. The highest BCUT2D eigenvalue weighted by Gasteiger charge is 2.06. The Kier molecular flexibility index (Phi) is 4.89. The quantitative estimate of drug-likeness (QED) is 0.750. The highest BCUT2D eigenvalue weighted by atomic mass is 16.3. The molecule has 0 spiro atoms. The van der Waals surface area contributed by atoms with Gasteiger partial charge in [0, 0.05) is 36.5 Å². The lowest BCUT2D eigenvalue weighted by Gasteiger charge is -2.07. The predicted octanol–water partition coefficient (Wildman–Crippen LogP) is 3.23. The Morgan fingerprint density at radius 1 is 1.08 bits per heavy atom. The maximum Gasteiger partial charge on any atom is 0.251 e. The molecule has 0 bridgehead atoms. The molecule has 2 aromatic heterocycles. The topological polar surface area (TPSA) is 84.2 Å². The van der Waals surface area contributed by atoms with Crippen LogP contribution in [0.4, 0.5) is 5.69 Å². The number of carbonyl (C=O) groups is 2. The molecule has 0 aliphatic rings. The van der Waals surface area contributed by atoms with Gasteiger partial charge in [0.05, 0.1) is 18.2 Å². The van der Waals surface area contributed by atoms with Gasteiger partial charge in [-0.1, -0.05) is 6.07 Å². The third-order valence-corrected chi connectivity index (χ3v) is 3.56. The summed E-state index contributed by atoms with van der Waals surface area (Å²) in [5.74, 6) is -0.336. The molecular formula is C19H17N3O3. The Labute approximate surface area is 144 Å². The van der Waals surface area contributed by atoms with Crippen molar-refractivity contribution < 1.29 is 14.0 Å². The number of hydrogen-bond acceptors (Lipinski definition) is 4. The van der Waals surface area contributed by atoms with Gasteiger partial charge < -0.3 is 15.1 Å². The zero-order chi connectivity index (χ0) is 17.6. The normalized spacial score (nSPS) is 10.3. The second kappa shape index (κ2) is 7.44. The zero-order valence-corrected chi connectivity index (χ0v) is 13.7. The summed E-state index contributed by atoms with van der Waals surface area (Å²) in [5.41, 5.74) is 3.81. The number of rotatable bonds is 5. The van der Waals surface area contributed by atoms with E-state index in [0.29, 0.717) is 17.8 Å². The summed E-state index contributed by atoms with van der Waals surface area (Å²) < 4.78 is 5.04. The maximum atomic E-state index is 12.2. The SMILES string of the molecule is CC(=O)Nc1ccc(C(=O)NCc2ccc(-c3ccoc3)nc2)cc1. The second-order valence-corrected chi connectivity index (χ2v) is 5.50. The van der Waals surface area contributed by atoms with Crippen LogP contribution in [-0.2, 0) is 11.3 Å². The third kappa shape index (κ3) is 4.32. The molecule has 6 heteroatoms. The monoisotopic (exact) mass is 335 g/mol. The second-order valence-electron chi connectivity index (χ2n) is 5.50. The smallest absolute Gasteiger partial charge is 0.251 e. The van der Waals surface area contributed by atoms with Gasteiger partial charge in [-0.3, -0.25) is 14.6 Å². The molecule has 126 valence electrons. The fraction of sp³-hybridized carbons (Fsp3) is 0.105. The van der Waals surface area contributed by atoms with Crippen LogP contribution in [-0.4, -0.2) is 16.8 Å². The summed E-state index contributed by atoms with van der Waals surface area (Å²) in [4.78, 5) is 27.5. The summed E-state index contributed by atoms with van der Waals surface area (Å²) in [6, 6.07) is 12.4. The number of carbonyl (C=O) groups excluding carboxylic acids is 2. The lowest BCUT2D eigenvalue weighted by atomic mass is 10.1. The van der Waals surface area contributed by atoms with Gasteiger partial charge in [-0.25, -0.2) is 0 Å². The minimum atomic E-state index is -0.187. The number of furan rings is 1. The van der Waals surface area contributed by atoms with Gasteiger partial charge in [0.2, 0.25) is 5.91 Å². The van der Waals surface area contributed by atoms with E-state index in [1.54, 1.807) is 43.0 Å². The largest absolute Gasteiger partial charge is 0.472 e. The number of anilines is 1. The fourth-order valence-corrected chi connectivity index (χ4v) is 2.30. The van der Waals surface area contributed by atoms with Gasteiger partial charge in [-0.15, -0.1) is 0 Å². The maximum absolute atomic E-state index is 12.2. The van der Waals surface area contributed by atoms with Crippen LogP contribution < -0.4 is 10.6 Å². The molecule has 3 aromatic rings. The molecule has 0 atom stereocenters. The van der Waals surface area contributed by atoms with E-state index in [4.69, 9.17) is 4.42 Å². The van der Waals surface area contributed by atoms with Crippen molar-refractivity contribution in [1.82, 2.24) is 10.3 Å². The predicted molar refractivity (Wildman–Crippen MR) is 93.9 cm³/mol. The molecule has 2 heterocycles. The van der Waals surface area contributed by atoms with Gasteiger partial charge in [0.1, 0.15) is 0 Å². The Hall–Kier alpha value is -3.41. The average Bonchev–Trinajstić information content (AvgIpc) is 3.15. The molecule has 1 aromatic carbocycles. The van der Waals surface area contributed by atoms with Crippen LogP contribution in [0.1, 0.15) is 22.8 Å². The highest BCUT2D eigenvalue weighted by molar-refractivity contribution is 5.95. The van der Waals surface area contributed by atoms with Crippen molar-refractivity contribution in [3.63, 3.8) is 0 Å². The van der Waals surface area contributed by atoms with Crippen molar-refractivity contribution in [2.24, 2.45) is 0 Å². The van der Waals surface area contributed by atoms with Crippen molar-refractivity contribution in [2.75, 3.05) is 5.32 Å². The van der Waals surface area contributed by atoms with Gasteiger partial charge in [0.25, 0.3) is 5.91 Å². The number of hydrogen-bond donors (Lipinski definition) is 2. The minimum Gasteiger partial charge on any atom is -0.472 e. The number of amides is 2. The molecule has 3 rings (SSSR count). The van der Waals surface area contributed by atoms with Crippen LogP contribution in [0.2, 0.25) is 0 Å². The Balaban J connectivity index is 1.57. The molecule has 25 heavy (non-hydrogen) atoms. The Bertz CT molecular complexity index is 854. The van der Waals surface area contributed by atoms with Crippen LogP contribution in [0.3, 0.4) is 0 Å². The van der Waals surface area contributed by atoms with Crippen molar-refractivity contribution in [3.05, 3.63) is 72.3 Å². The van der Waals surface area contributed by atoms with E-state index >= 15 is 0 Å². The zero-order valence-electron chi connectivity index (χ0n) is 13.7. The van der Waals surface area contributed by atoms with Crippen molar-refractivity contribution >= 4 is 17.5 Å². The van der Waals surface area contributed by atoms with Gasteiger partial charge >= 0.3 is 0 Å².